The van der Waals surface area contributed by atoms with Crippen molar-refractivity contribution in [1.29, 1.82) is 0 Å². The fourth-order valence-corrected chi connectivity index (χ4v) is 1.45. The number of pyridine rings is 1. The Morgan fingerprint density at radius 2 is 2.11 bits per heavy atom. The predicted molar refractivity (Wildman–Crippen MR) is 74.8 cm³/mol. The third-order valence-electron chi connectivity index (χ3n) is 3.16. The largest absolute Gasteiger partial charge is 0.368 e. The van der Waals surface area contributed by atoms with Crippen molar-refractivity contribution in [3.63, 3.8) is 0 Å². The van der Waals surface area contributed by atoms with Gasteiger partial charge in [0, 0.05) is 19.3 Å². The van der Waals surface area contributed by atoms with E-state index in [2.05, 4.69) is 36.4 Å². The van der Waals surface area contributed by atoms with Crippen molar-refractivity contribution in [3.05, 3.63) is 23.6 Å². The van der Waals surface area contributed by atoms with Gasteiger partial charge in [-0.1, -0.05) is 20.8 Å². The van der Waals surface area contributed by atoms with Crippen molar-refractivity contribution in [2.24, 2.45) is 5.41 Å². The maximum absolute atomic E-state index is 14.0. The zero-order valence-electron chi connectivity index (χ0n) is 12.0. The molecule has 0 spiro atoms. The van der Waals surface area contributed by atoms with Crippen LogP contribution in [-0.2, 0) is 0 Å². The van der Waals surface area contributed by atoms with E-state index in [1.165, 1.54) is 12.3 Å². The van der Waals surface area contributed by atoms with E-state index in [0.29, 0.717) is 13.1 Å². The Labute approximate surface area is 113 Å². The van der Waals surface area contributed by atoms with Gasteiger partial charge in [-0.25, -0.2) is 9.37 Å². The molecule has 0 unspecified atom stereocenters. The minimum atomic E-state index is -0.601. The van der Waals surface area contributed by atoms with Gasteiger partial charge in [-0.05, 0) is 24.8 Å². The van der Waals surface area contributed by atoms with Crippen molar-refractivity contribution in [3.8, 4) is 0 Å². The average Bonchev–Trinajstić information content (AvgIpc) is 2.39. The Bertz CT molecular complexity index is 446. The molecule has 5 heteroatoms. The molecule has 0 saturated carbocycles. The molecule has 1 heterocycles. The van der Waals surface area contributed by atoms with Crippen LogP contribution < -0.4 is 10.6 Å². The van der Waals surface area contributed by atoms with E-state index in [4.69, 9.17) is 0 Å². The van der Waals surface area contributed by atoms with Crippen LogP contribution in [0.15, 0.2) is 12.3 Å². The minimum absolute atomic E-state index is 0.00364. The lowest BCUT2D eigenvalue weighted by molar-refractivity contribution is 0.0931. The van der Waals surface area contributed by atoms with Crippen LogP contribution in [0.1, 0.15) is 44.5 Å². The van der Waals surface area contributed by atoms with Gasteiger partial charge in [-0.15, -0.1) is 0 Å². The number of rotatable bonds is 6. The molecule has 0 aromatic carbocycles. The van der Waals surface area contributed by atoms with E-state index < -0.39 is 11.7 Å². The molecule has 0 radical (unpaired) electrons. The molecule has 106 valence electrons. The second-order valence-electron chi connectivity index (χ2n) is 5.25. The minimum Gasteiger partial charge on any atom is -0.368 e. The van der Waals surface area contributed by atoms with Gasteiger partial charge in [0.05, 0.1) is 5.56 Å². The first-order valence-corrected chi connectivity index (χ1v) is 6.58. The second-order valence-corrected chi connectivity index (χ2v) is 5.25. The summed E-state index contributed by atoms with van der Waals surface area (Å²) in [6.45, 7) is 9.08. The highest BCUT2D eigenvalue weighted by Gasteiger charge is 2.19. The van der Waals surface area contributed by atoms with Gasteiger partial charge in [0.15, 0.2) is 11.6 Å². The van der Waals surface area contributed by atoms with Gasteiger partial charge in [0.25, 0.3) is 5.91 Å². The molecule has 0 aliphatic rings. The predicted octanol–water partition coefficient (Wildman–Crippen LogP) is 2.82. The maximum atomic E-state index is 14.0. The normalized spacial score (nSPS) is 11.2. The van der Waals surface area contributed by atoms with Gasteiger partial charge in [0.2, 0.25) is 0 Å². The van der Waals surface area contributed by atoms with Crippen LogP contribution in [0.4, 0.5) is 10.2 Å². The summed E-state index contributed by atoms with van der Waals surface area (Å²) in [5.41, 5.74) is 0.0294. The maximum Gasteiger partial charge on any atom is 0.254 e. The van der Waals surface area contributed by atoms with Gasteiger partial charge in [0.1, 0.15) is 0 Å². The number of nitrogens with zero attached hydrogens (tertiary/aromatic N) is 1. The number of carbonyl (C=O) groups is 1. The summed E-state index contributed by atoms with van der Waals surface area (Å²) in [6, 6.07) is 1.39. The lowest BCUT2D eigenvalue weighted by atomic mass is 9.90. The number of hydrogen-bond donors (Lipinski definition) is 2. The topological polar surface area (TPSA) is 54.0 Å². The van der Waals surface area contributed by atoms with Gasteiger partial charge in [-0.3, -0.25) is 4.79 Å². The molecule has 1 aromatic heterocycles. The number of amides is 1. The summed E-state index contributed by atoms with van der Waals surface area (Å²) in [7, 11) is 0. The Kier molecular flexibility index (Phi) is 5.27. The number of nitrogens with one attached hydrogen (secondary N) is 2. The summed E-state index contributed by atoms with van der Waals surface area (Å²) in [6.07, 6.45) is 2.37. The van der Waals surface area contributed by atoms with E-state index in [1.807, 2.05) is 6.92 Å². The molecular formula is C14H22FN3O. The summed E-state index contributed by atoms with van der Waals surface area (Å²) < 4.78 is 14.0. The van der Waals surface area contributed by atoms with Crippen LogP contribution in [-0.4, -0.2) is 24.0 Å². The Morgan fingerprint density at radius 1 is 1.42 bits per heavy atom. The van der Waals surface area contributed by atoms with Crippen LogP contribution in [0.3, 0.4) is 0 Å². The fourth-order valence-electron chi connectivity index (χ4n) is 1.45. The van der Waals surface area contributed by atoms with Crippen LogP contribution in [0.5, 0.6) is 0 Å². The second kappa shape index (κ2) is 6.50. The van der Waals surface area contributed by atoms with E-state index in [9.17, 15) is 9.18 Å². The molecule has 0 fully saturated rings. The zero-order chi connectivity index (χ0) is 14.5. The highest BCUT2D eigenvalue weighted by molar-refractivity contribution is 5.95. The molecule has 1 rings (SSSR count). The van der Waals surface area contributed by atoms with Crippen LogP contribution >= 0.6 is 0 Å². The van der Waals surface area contributed by atoms with Crippen LogP contribution in [0, 0.1) is 11.2 Å². The molecule has 0 atom stereocenters. The van der Waals surface area contributed by atoms with Gasteiger partial charge >= 0.3 is 0 Å². The van der Waals surface area contributed by atoms with Gasteiger partial charge in [-0.2, -0.15) is 0 Å². The number of carbonyl (C=O) groups excluding carboxylic acids is 1. The number of anilines is 1. The first kappa shape index (κ1) is 15.4. The van der Waals surface area contributed by atoms with Crippen LogP contribution in [0.25, 0.3) is 0 Å². The summed E-state index contributed by atoms with van der Waals surface area (Å²) >= 11 is 0. The highest BCUT2D eigenvalue weighted by atomic mass is 19.1. The molecule has 1 amide bonds. The molecule has 19 heavy (non-hydrogen) atoms. The first-order valence-electron chi connectivity index (χ1n) is 6.58. The van der Waals surface area contributed by atoms with E-state index in [-0.39, 0.29) is 16.8 Å². The zero-order valence-corrected chi connectivity index (χ0v) is 12.0. The van der Waals surface area contributed by atoms with Crippen molar-refractivity contribution in [1.82, 2.24) is 10.3 Å². The quantitative estimate of drug-likeness (QED) is 0.833. The van der Waals surface area contributed by atoms with E-state index in [0.717, 1.165) is 6.42 Å². The summed E-state index contributed by atoms with van der Waals surface area (Å²) in [5, 5.41) is 5.55. The monoisotopic (exact) mass is 267 g/mol. The Morgan fingerprint density at radius 3 is 2.68 bits per heavy atom. The van der Waals surface area contributed by atoms with Crippen molar-refractivity contribution >= 4 is 11.7 Å². The lowest BCUT2D eigenvalue weighted by Crippen LogP contribution is -2.34. The Hall–Kier alpha value is -1.65. The molecule has 0 saturated heterocycles. The first-order chi connectivity index (χ1) is 8.91. The standard InChI is InChI=1S/C14H22FN3O/c1-5-14(3,4)9-18-13(19)10-7-8-17-12(11(10)15)16-6-2/h7-8H,5-6,9H2,1-4H3,(H,16,17)(H,18,19). The van der Waals surface area contributed by atoms with E-state index >= 15 is 0 Å². The van der Waals surface area contributed by atoms with Crippen molar-refractivity contribution in [2.75, 3.05) is 18.4 Å². The van der Waals surface area contributed by atoms with Gasteiger partial charge < -0.3 is 10.6 Å². The van der Waals surface area contributed by atoms with E-state index in [1.54, 1.807) is 0 Å². The fraction of sp³-hybridized carbons (Fsp3) is 0.571. The Balaban J connectivity index is 2.80. The summed E-state index contributed by atoms with van der Waals surface area (Å²) in [5.74, 6) is -0.887. The molecule has 2 N–H and O–H groups in total. The molecule has 1 aromatic rings. The number of hydrogen-bond acceptors (Lipinski definition) is 3. The third kappa shape index (κ3) is 4.19. The third-order valence-corrected chi connectivity index (χ3v) is 3.16. The molecular weight excluding hydrogens is 245 g/mol. The van der Waals surface area contributed by atoms with Crippen molar-refractivity contribution in [2.45, 2.75) is 34.1 Å². The van der Waals surface area contributed by atoms with Crippen LogP contribution in [0.2, 0.25) is 0 Å². The number of aromatic nitrogens is 1. The molecule has 4 nitrogen and oxygen atoms in total. The average molecular weight is 267 g/mol. The van der Waals surface area contributed by atoms with Crippen molar-refractivity contribution < 1.29 is 9.18 Å². The lowest BCUT2D eigenvalue weighted by Gasteiger charge is -2.22. The highest BCUT2D eigenvalue weighted by Crippen LogP contribution is 2.19. The molecule has 0 aliphatic carbocycles. The molecule has 0 bridgehead atoms. The molecule has 0 aliphatic heterocycles. The summed E-state index contributed by atoms with van der Waals surface area (Å²) in [4.78, 5) is 15.8. The SMILES string of the molecule is CCNc1nccc(C(=O)NCC(C)(C)CC)c1F. The smallest absolute Gasteiger partial charge is 0.254 e. The number of halogens is 1.